The standard InChI is InChI=1S/C13H15N3O2/c1-10-9-12(16-18-10)15-13(17)7-8-14-11-5-3-2-4-6-11/h2-6,9,14H,7-8H2,1H3,(H,15,16,17). The molecule has 18 heavy (non-hydrogen) atoms. The molecule has 0 spiro atoms. The Labute approximate surface area is 105 Å². The van der Waals surface area contributed by atoms with Crippen molar-refractivity contribution in [1.82, 2.24) is 5.16 Å². The minimum Gasteiger partial charge on any atom is -0.385 e. The summed E-state index contributed by atoms with van der Waals surface area (Å²) in [7, 11) is 0. The summed E-state index contributed by atoms with van der Waals surface area (Å²) in [6, 6.07) is 11.4. The summed E-state index contributed by atoms with van der Waals surface area (Å²) in [6.07, 6.45) is 0.376. The van der Waals surface area contributed by atoms with Crippen molar-refractivity contribution in [2.75, 3.05) is 17.2 Å². The van der Waals surface area contributed by atoms with Gasteiger partial charge in [0.25, 0.3) is 0 Å². The predicted molar refractivity (Wildman–Crippen MR) is 69.4 cm³/mol. The van der Waals surface area contributed by atoms with E-state index in [1.807, 2.05) is 30.3 Å². The van der Waals surface area contributed by atoms with E-state index in [9.17, 15) is 4.79 Å². The Morgan fingerprint density at radius 3 is 2.78 bits per heavy atom. The molecule has 1 heterocycles. The van der Waals surface area contributed by atoms with Gasteiger partial charge in [0, 0.05) is 24.7 Å². The number of nitrogens with one attached hydrogen (secondary N) is 2. The van der Waals surface area contributed by atoms with Gasteiger partial charge in [0.2, 0.25) is 5.91 Å². The smallest absolute Gasteiger partial charge is 0.227 e. The SMILES string of the molecule is Cc1cc(NC(=O)CCNc2ccccc2)no1. The molecule has 5 nitrogen and oxygen atoms in total. The van der Waals surface area contributed by atoms with E-state index in [4.69, 9.17) is 4.52 Å². The molecule has 94 valence electrons. The molecule has 0 saturated carbocycles. The highest BCUT2D eigenvalue weighted by molar-refractivity contribution is 5.89. The number of hydrogen-bond donors (Lipinski definition) is 2. The number of carbonyl (C=O) groups excluding carboxylic acids is 1. The first-order valence-electron chi connectivity index (χ1n) is 5.76. The van der Waals surface area contributed by atoms with Gasteiger partial charge in [-0.1, -0.05) is 23.4 Å². The fraction of sp³-hybridized carbons (Fsp3) is 0.231. The van der Waals surface area contributed by atoms with Crippen LogP contribution >= 0.6 is 0 Å². The van der Waals surface area contributed by atoms with Crippen LogP contribution in [-0.4, -0.2) is 17.6 Å². The second-order valence-corrected chi connectivity index (χ2v) is 3.91. The first kappa shape index (κ1) is 12.2. The molecule has 0 aliphatic carbocycles. The summed E-state index contributed by atoms with van der Waals surface area (Å²) < 4.78 is 4.86. The highest BCUT2D eigenvalue weighted by Crippen LogP contribution is 2.08. The lowest BCUT2D eigenvalue weighted by molar-refractivity contribution is -0.116. The number of benzene rings is 1. The summed E-state index contributed by atoms with van der Waals surface area (Å²) in [4.78, 5) is 11.6. The predicted octanol–water partition coefficient (Wildman–Crippen LogP) is 2.42. The van der Waals surface area contributed by atoms with Crippen molar-refractivity contribution in [2.45, 2.75) is 13.3 Å². The van der Waals surface area contributed by atoms with Crippen LogP contribution in [0.3, 0.4) is 0 Å². The van der Waals surface area contributed by atoms with E-state index >= 15 is 0 Å². The summed E-state index contributed by atoms with van der Waals surface area (Å²) in [5.74, 6) is 1.04. The van der Waals surface area contributed by atoms with E-state index in [0.717, 1.165) is 5.69 Å². The van der Waals surface area contributed by atoms with Crippen LogP contribution in [0.4, 0.5) is 11.5 Å². The van der Waals surface area contributed by atoms with Crippen LogP contribution < -0.4 is 10.6 Å². The molecule has 0 unspecified atom stereocenters. The zero-order valence-electron chi connectivity index (χ0n) is 10.1. The number of anilines is 2. The van der Waals surface area contributed by atoms with Gasteiger partial charge in [-0.15, -0.1) is 0 Å². The molecule has 2 N–H and O–H groups in total. The number of aryl methyl sites for hydroxylation is 1. The minimum atomic E-state index is -0.0910. The molecule has 2 aromatic rings. The molecule has 1 aromatic heterocycles. The van der Waals surface area contributed by atoms with Gasteiger partial charge in [0.05, 0.1) is 0 Å². The lowest BCUT2D eigenvalue weighted by Gasteiger charge is -2.05. The molecule has 5 heteroatoms. The molecule has 0 bridgehead atoms. The van der Waals surface area contributed by atoms with Crippen LogP contribution in [0.5, 0.6) is 0 Å². The zero-order valence-corrected chi connectivity index (χ0v) is 10.1. The molecule has 2 rings (SSSR count). The Hall–Kier alpha value is -2.30. The molecule has 0 atom stereocenters. The molecule has 0 aliphatic heterocycles. The maximum absolute atomic E-state index is 11.6. The molecule has 1 amide bonds. The average molecular weight is 245 g/mol. The third kappa shape index (κ3) is 3.62. The van der Waals surface area contributed by atoms with E-state index in [0.29, 0.717) is 24.5 Å². The molecule has 0 aliphatic rings. The van der Waals surface area contributed by atoms with Crippen molar-refractivity contribution < 1.29 is 9.32 Å². The highest BCUT2D eigenvalue weighted by atomic mass is 16.5. The van der Waals surface area contributed by atoms with Crippen molar-refractivity contribution >= 4 is 17.4 Å². The number of carbonyl (C=O) groups is 1. The first-order valence-corrected chi connectivity index (χ1v) is 5.76. The second-order valence-electron chi connectivity index (χ2n) is 3.91. The lowest BCUT2D eigenvalue weighted by Crippen LogP contribution is -2.16. The van der Waals surface area contributed by atoms with Crippen molar-refractivity contribution in [3.63, 3.8) is 0 Å². The number of aromatic nitrogens is 1. The van der Waals surface area contributed by atoms with Crippen molar-refractivity contribution in [3.05, 3.63) is 42.2 Å². The Morgan fingerprint density at radius 2 is 2.11 bits per heavy atom. The number of nitrogens with zero attached hydrogens (tertiary/aromatic N) is 1. The maximum Gasteiger partial charge on any atom is 0.227 e. The van der Waals surface area contributed by atoms with Crippen LogP contribution in [0.25, 0.3) is 0 Å². The normalized spacial score (nSPS) is 10.1. The average Bonchev–Trinajstić information content (AvgIpc) is 2.76. The maximum atomic E-state index is 11.6. The molecule has 0 fully saturated rings. The van der Waals surface area contributed by atoms with E-state index in [1.54, 1.807) is 13.0 Å². The van der Waals surface area contributed by atoms with Gasteiger partial charge in [-0.25, -0.2) is 0 Å². The second kappa shape index (κ2) is 5.86. The van der Waals surface area contributed by atoms with Crippen molar-refractivity contribution in [3.8, 4) is 0 Å². The van der Waals surface area contributed by atoms with Crippen LogP contribution in [0.15, 0.2) is 40.9 Å². The van der Waals surface area contributed by atoms with Crippen LogP contribution in [0.1, 0.15) is 12.2 Å². The molecular formula is C13H15N3O2. The van der Waals surface area contributed by atoms with E-state index in [2.05, 4.69) is 15.8 Å². The number of rotatable bonds is 5. The lowest BCUT2D eigenvalue weighted by atomic mass is 10.3. The monoisotopic (exact) mass is 245 g/mol. The van der Waals surface area contributed by atoms with Gasteiger partial charge in [-0.2, -0.15) is 0 Å². The van der Waals surface area contributed by atoms with Gasteiger partial charge >= 0.3 is 0 Å². The molecule has 1 aromatic carbocycles. The Kier molecular flexibility index (Phi) is 3.96. The fourth-order valence-electron chi connectivity index (χ4n) is 1.51. The minimum absolute atomic E-state index is 0.0910. The van der Waals surface area contributed by atoms with Gasteiger partial charge < -0.3 is 15.2 Å². The quantitative estimate of drug-likeness (QED) is 0.849. The fourth-order valence-corrected chi connectivity index (χ4v) is 1.51. The number of hydrogen-bond acceptors (Lipinski definition) is 4. The van der Waals surface area contributed by atoms with Gasteiger partial charge in [0.15, 0.2) is 5.82 Å². The van der Waals surface area contributed by atoms with Crippen LogP contribution in [0, 0.1) is 6.92 Å². The molecular weight excluding hydrogens is 230 g/mol. The first-order chi connectivity index (χ1) is 8.74. The van der Waals surface area contributed by atoms with Crippen molar-refractivity contribution in [1.29, 1.82) is 0 Å². The summed E-state index contributed by atoms with van der Waals surface area (Å²) in [5, 5.41) is 9.52. The van der Waals surface area contributed by atoms with Crippen molar-refractivity contribution in [2.24, 2.45) is 0 Å². The number of amides is 1. The van der Waals surface area contributed by atoms with Gasteiger partial charge in [-0.05, 0) is 19.1 Å². The Morgan fingerprint density at radius 1 is 1.33 bits per heavy atom. The van der Waals surface area contributed by atoms with E-state index in [-0.39, 0.29) is 5.91 Å². The van der Waals surface area contributed by atoms with Crippen LogP contribution in [-0.2, 0) is 4.79 Å². The van der Waals surface area contributed by atoms with E-state index in [1.165, 1.54) is 0 Å². The third-order valence-corrected chi connectivity index (χ3v) is 2.35. The summed E-state index contributed by atoms with van der Waals surface area (Å²) >= 11 is 0. The van der Waals surface area contributed by atoms with Crippen LogP contribution in [0.2, 0.25) is 0 Å². The Balaban J connectivity index is 1.72. The van der Waals surface area contributed by atoms with Gasteiger partial charge in [0.1, 0.15) is 5.76 Å². The molecule has 0 saturated heterocycles. The zero-order chi connectivity index (χ0) is 12.8. The van der Waals surface area contributed by atoms with E-state index < -0.39 is 0 Å². The molecule has 0 radical (unpaired) electrons. The summed E-state index contributed by atoms with van der Waals surface area (Å²) in [5.41, 5.74) is 1.00. The topological polar surface area (TPSA) is 67.2 Å². The Bertz CT molecular complexity index is 508. The largest absolute Gasteiger partial charge is 0.385 e. The van der Waals surface area contributed by atoms with Gasteiger partial charge in [-0.3, -0.25) is 4.79 Å². The number of para-hydroxylation sites is 1. The third-order valence-electron chi connectivity index (χ3n) is 2.35. The highest BCUT2D eigenvalue weighted by Gasteiger charge is 2.05. The summed E-state index contributed by atoms with van der Waals surface area (Å²) in [6.45, 7) is 2.35.